The molecule has 0 unspecified atom stereocenters. The summed E-state index contributed by atoms with van der Waals surface area (Å²) in [4.78, 5) is 42.1. The lowest BCUT2D eigenvalue weighted by Crippen LogP contribution is -2.55. The number of nitrogens with two attached hydrogens (primary N) is 1. The van der Waals surface area contributed by atoms with E-state index in [4.69, 9.17) is 5.73 Å². The Labute approximate surface area is 152 Å². The van der Waals surface area contributed by atoms with Crippen molar-refractivity contribution in [2.24, 2.45) is 11.7 Å². The zero-order chi connectivity index (χ0) is 19.7. The number of hydrogen-bond donors (Lipinski definition) is 1. The molecule has 7 nitrogen and oxygen atoms in total. The summed E-state index contributed by atoms with van der Waals surface area (Å²) in [6.07, 6.45) is 2.47. The van der Waals surface area contributed by atoms with Gasteiger partial charge in [-0.3, -0.25) is 14.4 Å². The van der Waals surface area contributed by atoms with Crippen LogP contribution in [0, 0.1) is 5.92 Å². The van der Waals surface area contributed by atoms with E-state index in [1.807, 2.05) is 39.8 Å². The molecule has 7 heteroatoms. The smallest absolute Gasteiger partial charge is 0.245 e. The number of primary amides is 1. The minimum Gasteiger partial charge on any atom is -0.368 e. The van der Waals surface area contributed by atoms with Gasteiger partial charge in [-0.2, -0.15) is 0 Å². The number of likely N-dealkylation sites (N-methyl/N-ethyl adjacent to an activating group) is 2. The quantitative estimate of drug-likeness (QED) is 0.596. The van der Waals surface area contributed by atoms with Gasteiger partial charge in [0.25, 0.3) is 0 Å². The Bertz CT molecular complexity index is 452. The van der Waals surface area contributed by atoms with Crippen molar-refractivity contribution in [2.75, 3.05) is 34.7 Å². The second kappa shape index (κ2) is 11.1. The van der Waals surface area contributed by atoms with Crippen LogP contribution in [0.4, 0.5) is 0 Å². The van der Waals surface area contributed by atoms with E-state index in [0.717, 1.165) is 19.4 Å². The highest BCUT2D eigenvalue weighted by molar-refractivity contribution is 5.91. The summed E-state index contributed by atoms with van der Waals surface area (Å²) in [6.45, 7) is 6.47. The maximum absolute atomic E-state index is 13.0. The molecular weight excluding hydrogens is 320 g/mol. The molecule has 0 fully saturated rings. The average Bonchev–Trinajstić information content (AvgIpc) is 2.49. The molecule has 3 amide bonds. The molecule has 0 aromatic rings. The molecule has 0 aromatic carbocycles. The number of nitrogens with zero attached hydrogens (tertiary/aromatic N) is 3. The second-order valence-electron chi connectivity index (χ2n) is 7.26. The molecule has 0 aromatic heterocycles. The van der Waals surface area contributed by atoms with Gasteiger partial charge in [-0.1, -0.05) is 20.8 Å². The monoisotopic (exact) mass is 356 g/mol. The number of hydrogen-bond acceptors (Lipinski definition) is 4. The Morgan fingerprint density at radius 2 is 1.56 bits per heavy atom. The fourth-order valence-electron chi connectivity index (χ4n) is 2.99. The van der Waals surface area contributed by atoms with Crippen molar-refractivity contribution < 1.29 is 14.4 Å². The SMILES string of the molecule is CCCC(=O)N(C)[C@H](CCCN(C)C)C(=O)N(C)[C@H](C(N)=O)C(C)C. The number of rotatable bonds is 11. The van der Waals surface area contributed by atoms with E-state index < -0.39 is 18.0 Å². The average molecular weight is 357 g/mol. The Kier molecular flexibility index (Phi) is 10.4. The van der Waals surface area contributed by atoms with Gasteiger partial charge in [0.2, 0.25) is 17.7 Å². The van der Waals surface area contributed by atoms with Gasteiger partial charge in [-0.05, 0) is 45.8 Å². The molecule has 0 heterocycles. The Balaban J connectivity index is 5.36. The van der Waals surface area contributed by atoms with E-state index in [-0.39, 0.29) is 17.7 Å². The molecule has 0 radical (unpaired) electrons. The molecule has 0 spiro atoms. The van der Waals surface area contributed by atoms with Crippen LogP contribution in [-0.2, 0) is 14.4 Å². The van der Waals surface area contributed by atoms with Crippen LogP contribution in [0.2, 0.25) is 0 Å². The first-order valence-corrected chi connectivity index (χ1v) is 9.00. The molecule has 146 valence electrons. The lowest BCUT2D eigenvalue weighted by Gasteiger charge is -2.35. The molecule has 0 aliphatic rings. The summed E-state index contributed by atoms with van der Waals surface area (Å²) < 4.78 is 0. The predicted octanol–water partition coefficient (Wildman–Crippen LogP) is 0.924. The van der Waals surface area contributed by atoms with Crippen molar-refractivity contribution in [2.45, 2.75) is 58.5 Å². The third kappa shape index (κ3) is 7.42. The van der Waals surface area contributed by atoms with Gasteiger partial charge >= 0.3 is 0 Å². The minimum absolute atomic E-state index is 0.0562. The molecular formula is C18H36N4O3. The highest BCUT2D eigenvalue weighted by Crippen LogP contribution is 2.16. The third-order valence-electron chi connectivity index (χ3n) is 4.38. The second-order valence-corrected chi connectivity index (χ2v) is 7.26. The number of amides is 3. The van der Waals surface area contributed by atoms with Gasteiger partial charge in [-0.25, -0.2) is 0 Å². The van der Waals surface area contributed by atoms with Crippen LogP contribution in [-0.4, -0.2) is 79.2 Å². The van der Waals surface area contributed by atoms with Gasteiger partial charge in [0.1, 0.15) is 12.1 Å². The Hall–Kier alpha value is -1.63. The summed E-state index contributed by atoms with van der Waals surface area (Å²) in [5.74, 6) is -0.909. The standard InChI is InChI=1S/C18H36N4O3/c1-8-10-15(23)21(6)14(11-9-12-20(4)5)18(25)22(7)16(13(2)3)17(19)24/h13-14,16H,8-12H2,1-7H3,(H2,19,24)/t14-,16+/m1/s1. The van der Waals surface area contributed by atoms with Crippen molar-refractivity contribution >= 4 is 17.7 Å². The van der Waals surface area contributed by atoms with Gasteiger partial charge in [0.15, 0.2) is 0 Å². The first-order chi connectivity index (χ1) is 11.5. The first kappa shape index (κ1) is 23.4. The summed E-state index contributed by atoms with van der Waals surface area (Å²) in [5.41, 5.74) is 5.48. The highest BCUT2D eigenvalue weighted by atomic mass is 16.2. The highest BCUT2D eigenvalue weighted by Gasteiger charge is 2.34. The van der Waals surface area contributed by atoms with E-state index in [0.29, 0.717) is 12.8 Å². The maximum Gasteiger partial charge on any atom is 0.245 e. The molecule has 0 rings (SSSR count). The van der Waals surface area contributed by atoms with Crippen molar-refractivity contribution in [3.63, 3.8) is 0 Å². The Morgan fingerprint density at radius 1 is 1.00 bits per heavy atom. The lowest BCUT2D eigenvalue weighted by atomic mass is 10.00. The summed E-state index contributed by atoms with van der Waals surface area (Å²) >= 11 is 0. The van der Waals surface area contributed by atoms with Crippen molar-refractivity contribution in [1.82, 2.24) is 14.7 Å². The van der Waals surface area contributed by atoms with Crippen LogP contribution >= 0.6 is 0 Å². The molecule has 0 saturated heterocycles. The summed E-state index contributed by atoms with van der Waals surface area (Å²) in [5, 5.41) is 0. The first-order valence-electron chi connectivity index (χ1n) is 9.00. The van der Waals surface area contributed by atoms with Crippen LogP contribution in [0.25, 0.3) is 0 Å². The summed E-state index contributed by atoms with van der Waals surface area (Å²) in [6, 6.07) is -1.26. The van der Waals surface area contributed by atoms with E-state index >= 15 is 0 Å². The Morgan fingerprint density at radius 3 is 1.96 bits per heavy atom. The van der Waals surface area contributed by atoms with Crippen LogP contribution in [0.1, 0.15) is 46.5 Å². The van der Waals surface area contributed by atoms with E-state index in [1.165, 1.54) is 9.80 Å². The van der Waals surface area contributed by atoms with Gasteiger partial charge < -0.3 is 20.4 Å². The fraction of sp³-hybridized carbons (Fsp3) is 0.833. The number of carbonyl (C=O) groups excluding carboxylic acids is 3. The largest absolute Gasteiger partial charge is 0.368 e. The van der Waals surface area contributed by atoms with Crippen LogP contribution in [0.3, 0.4) is 0 Å². The molecule has 25 heavy (non-hydrogen) atoms. The van der Waals surface area contributed by atoms with Crippen LogP contribution < -0.4 is 5.73 Å². The molecule has 0 aliphatic carbocycles. The summed E-state index contributed by atoms with van der Waals surface area (Å²) in [7, 11) is 7.20. The number of carbonyl (C=O) groups is 3. The van der Waals surface area contributed by atoms with Gasteiger partial charge in [-0.15, -0.1) is 0 Å². The maximum atomic E-state index is 13.0. The third-order valence-corrected chi connectivity index (χ3v) is 4.38. The zero-order valence-corrected chi connectivity index (χ0v) is 16.9. The van der Waals surface area contributed by atoms with Crippen molar-refractivity contribution in [1.29, 1.82) is 0 Å². The normalized spacial score (nSPS) is 13.6. The van der Waals surface area contributed by atoms with Gasteiger partial charge in [0, 0.05) is 20.5 Å². The lowest BCUT2D eigenvalue weighted by molar-refractivity contribution is -0.148. The van der Waals surface area contributed by atoms with Crippen molar-refractivity contribution in [3.05, 3.63) is 0 Å². The topological polar surface area (TPSA) is 87.0 Å². The molecule has 0 bridgehead atoms. The molecule has 2 N–H and O–H groups in total. The zero-order valence-electron chi connectivity index (χ0n) is 16.9. The minimum atomic E-state index is -0.682. The van der Waals surface area contributed by atoms with Crippen LogP contribution in [0.15, 0.2) is 0 Å². The van der Waals surface area contributed by atoms with E-state index in [2.05, 4.69) is 0 Å². The molecule has 0 saturated carbocycles. The fourth-order valence-corrected chi connectivity index (χ4v) is 2.99. The van der Waals surface area contributed by atoms with Crippen LogP contribution in [0.5, 0.6) is 0 Å². The predicted molar refractivity (Wildman–Crippen MR) is 99.8 cm³/mol. The van der Waals surface area contributed by atoms with Crippen molar-refractivity contribution in [3.8, 4) is 0 Å². The molecule has 2 atom stereocenters. The van der Waals surface area contributed by atoms with E-state index in [1.54, 1.807) is 14.1 Å². The van der Waals surface area contributed by atoms with Gasteiger partial charge in [0.05, 0.1) is 0 Å². The molecule has 0 aliphatic heterocycles. The van der Waals surface area contributed by atoms with E-state index in [9.17, 15) is 14.4 Å².